The number of amides is 2. The minimum atomic E-state index is -0.590. The van der Waals surface area contributed by atoms with E-state index in [9.17, 15) is 14.4 Å². The smallest absolute Gasteiger partial charge is 0.410 e. The summed E-state index contributed by atoms with van der Waals surface area (Å²) in [6.07, 6.45) is 5.82. The van der Waals surface area contributed by atoms with E-state index in [2.05, 4.69) is 4.74 Å². The molecule has 0 spiro atoms. The maximum absolute atomic E-state index is 13.3. The lowest BCUT2D eigenvalue weighted by Gasteiger charge is -2.43. The van der Waals surface area contributed by atoms with Crippen LogP contribution in [0.1, 0.15) is 97.6 Å². The SMILES string of the molecule is CCC(=O)N1c2ccccc2[C@H](N(CCCCCCCC(=O)OC)C(=O)OC(C)(C)C)C[C@@H]1C. The number of hydrogen-bond donors (Lipinski definition) is 0. The Morgan fingerprint density at radius 3 is 2.35 bits per heavy atom. The Balaban J connectivity index is 2.16. The second-order valence-corrected chi connectivity index (χ2v) is 10.0. The number of hydrogen-bond acceptors (Lipinski definition) is 5. The zero-order valence-corrected chi connectivity index (χ0v) is 21.8. The maximum atomic E-state index is 13.3. The van der Waals surface area contributed by atoms with Gasteiger partial charge in [-0.25, -0.2) is 4.79 Å². The second-order valence-electron chi connectivity index (χ2n) is 10.0. The van der Waals surface area contributed by atoms with Crippen molar-refractivity contribution in [1.29, 1.82) is 0 Å². The van der Waals surface area contributed by atoms with Crippen LogP contribution in [0.15, 0.2) is 24.3 Å². The average Bonchev–Trinajstić information content (AvgIpc) is 2.78. The normalized spacial score (nSPS) is 17.6. The fraction of sp³-hybridized carbons (Fsp3) is 0.667. The van der Waals surface area contributed by atoms with E-state index in [1.807, 2.05) is 68.7 Å². The van der Waals surface area contributed by atoms with Crippen LogP contribution in [0.25, 0.3) is 0 Å². The van der Waals surface area contributed by atoms with Gasteiger partial charge in [-0.2, -0.15) is 0 Å². The van der Waals surface area contributed by atoms with Crippen molar-refractivity contribution in [2.24, 2.45) is 0 Å². The van der Waals surface area contributed by atoms with E-state index in [4.69, 9.17) is 4.74 Å². The second kappa shape index (κ2) is 12.8. The number of esters is 1. The summed E-state index contributed by atoms with van der Waals surface area (Å²) in [5, 5.41) is 0. The van der Waals surface area contributed by atoms with Gasteiger partial charge in [-0.3, -0.25) is 9.59 Å². The van der Waals surface area contributed by atoms with Gasteiger partial charge in [-0.1, -0.05) is 44.4 Å². The molecule has 0 aliphatic carbocycles. The van der Waals surface area contributed by atoms with Crippen molar-refractivity contribution in [3.8, 4) is 0 Å². The van der Waals surface area contributed by atoms with E-state index in [0.29, 0.717) is 25.8 Å². The quantitative estimate of drug-likeness (QED) is 0.306. The predicted molar refractivity (Wildman–Crippen MR) is 134 cm³/mol. The van der Waals surface area contributed by atoms with E-state index in [1.54, 1.807) is 0 Å². The maximum Gasteiger partial charge on any atom is 0.410 e. The number of rotatable bonds is 10. The van der Waals surface area contributed by atoms with E-state index >= 15 is 0 Å². The standard InChI is InChI=1S/C27H42N2O5/c1-7-24(30)29-20(2)19-23(21-15-12-13-16-22(21)29)28(26(32)34-27(3,4)5)18-14-10-8-9-11-17-25(31)33-6/h12-13,15-16,20,23H,7-11,14,17-19H2,1-6H3/t20-,23+/m0/s1. The Kier molecular flexibility index (Phi) is 10.4. The first-order valence-electron chi connectivity index (χ1n) is 12.6. The summed E-state index contributed by atoms with van der Waals surface area (Å²) in [7, 11) is 1.41. The lowest BCUT2D eigenvalue weighted by atomic mass is 9.90. The molecule has 1 aromatic carbocycles. The highest BCUT2D eigenvalue weighted by Crippen LogP contribution is 2.41. The van der Waals surface area contributed by atoms with Gasteiger partial charge in [0.15, 0.2) is 0 Å². The van der Waals surface area contributed by atoms with Gasteiger partial charge in [-0.15, -0.1) is 0 Å². The van der Waals surface area contributed by atoms with E-state index < -0.39 is 5.60 Å². The Hall–Kier alpha value is -2.57. The minimum absolute atomic E-state index is 0.0180. The first kappa shape index (κ1) is 27.7. The molecule has 2 rings (SSSR count). The fourth-order valence-electron chi connectivity index (χ4n) is 4.51. The van der Waals surface area contributed by atoms with Gasteiger partial charge in [0, 0.05) is 31.1 Å². The van der Waals surface area contributed by atoms with E-state index in [-0.39, 0.29) is 30.1 Å². The molecule has 2 amide bonds. The molecular formula is C27H42N2O5. The monoisotopic (exact) mass is 474 g/mol. The highest BCUT2D eigenvalue weighted by atomic mass is 16.6. The van der Waals surface area contributed by atoms with Crippen molar-refractivity contribution in [2.75, 3.05) is 18.6 Å². The third kappa shape index (κ3) is 7.74. The Morgan fingerprint density at radius 2 is 1.71 bits per heavy atom. The molecule has 190 valence electrons. The molecule has 0 aromatic heterocycles. The molecule has 0 saturated heterocycles. The van der Waals surface area contributed by atoms with Crippen LogP contribution >= 0.6 is 0 Å². The average molecular weight is 475 g/mol. The number of fused-ring (bicyclic) bond motifs is 1. The molecule has 2 atom stereocenters. The number of anilines is 1. The predicted octanol–water partition coefficient (Wildman–Crippen LogP) is 6.01. The number of ether oxygens (including phenoxy) is 2. The molecule has 1 aromatic rings. The molecule has 0 fully saturated rings. The largest absolute Gasteiger partial charge is 0.469 e. The number of para-hydroxylation sites is 1. The lowest BCUT2D eigenvalue weighted by Crippen LogP contribution is -2.48. The van der Waals surface area contributed by atoms with Gasteiger partial charge < -0.3 is 19.3 Å². The summed E-state index contributed by atoms with van der Waals surface area (Å²) in [4.78, 5) is 41.0. The number of benzene rings is 1. The summed E-state index contributed by atoms with van der Waals surface area (Å²) in [5.41, 5.74) is 1.29. The summed E-state index contributed by atoms with van der Waals surface area (Å²) in [6, 6.07) is 7.73. The van der Waals surface area contributed by atoms with Gasteiger partial charge in [0.1, 0.15) is 5.60 Å². The van der Waals surface area contributed by atoms with Gasteiger partial charge in [0.25, 0.3) is 0 Å². The van der Waals surface area contributed by atoms with Crippen molar-refractivity contribution < 1.29 is 23.9 Å². The Labute approximate surface area is 204 Å². The van der Waals surface area contributed by atoms with Crippen LogP contribution in [0.4, 0.5) is 10.5 Å². The third-order valence-electron chi connectivity index (χ3n) is 6.14. The summed E-state index contributed by atoms with van der Waals surface area (Å²) >= 11 is 0. The van der Waals surface area contributed by atoms with Crippen molar-refractivity contribution in [3.63, 3.8) is 0 Å². The van der Waals surface area contributed by atoms with Crippen molar-refractivity contribution in [1.82, 2.24) is 4.90 Å². The van der Waals surface area contributed by atoms with Crippen LogP contribution in [-0.4, -0.2) is 48.2 Å². The van der Waals surface area contributed by atoms with Crippen LogP contribution in [0.3, 0.4) is 0 Å². The molecule has 1 aliphatic heterocycles. The van der Waals surface area contributed by atoms with Crippen LogP contribution in [0.5, 0.6) is 0 Å². The fourth-order valence-corrected chi connectivity index (χ4v) is 4.51. The summed E-state index contributed by atoms with van der Waals surface area (Å²) in [6.45, 7) is 10.1. The molecule has 34 heavy (non-hydrogen) atoms. The summed E-state index contributed by atoms with van der Waals surface area (Å²) < 4.78 is 10.5. The number of carbonyl (C=O) groups is 3. The number of unbranched alkanes of at least 4 members (excludes halogenated alkanes) is 4. The molecular weight excluding hydrogens is 432 g/mol. The molecule has 0 radical (unpaired) electrons. The molecule has 1 aliphatic rings. The molecule has 0 bridgehead atoms. The highest BCUT2D eigenvalue weighted by molar-refractivity contribution is 5.95. The van der Waals surface area contributed by atoms with Crippen LogP contribution in [0.2, 0.25) is 0 Å². The van der Waals surface area contributed by atoms with Crippen LogP contribution in [0, 0.1) is 0 Å². The lowest BCUT2D eigenvalue weighted by molar-refractivity contribution is -0.140. The Bertz CT molecular complexity index is 833. The van der Waals surface area contributed by atoms with Crippen LogP contribution < -0.4 is 4.90 Å². The number of methoxy groups -OCH3 is 1. The zero-order valence-electron chi connectivity index (χ0n) is 21.8. The summed E-state index contributed by atoms with van der Waals surface area (Å²) in [5.74, 6) is -0.0778. The molecule has 0 saturated carbocycles. The van der Waals surface area contributed by atoms with Crippen molar-refractivity contribution in [3.05, 3.63) is 29.8 Å². The van der Waals surface area contributed by atoms with Gasteiger partial charge in [0.05, 0.1) is 13.2 Å². The van der Waals surface area contributed by atoms with E-state index in [1.165, 1.54) is 7.11 Å². The molecule has 0 N–H and O–H groups in total. The molecule has 7 nitrogen and oxygen atoms in total. The van der Waals surface area contributed by atoms with Gasteiger partial charge in [0.2, 0.25) is 5.91 Å². The van der Waals surface area contributed by atoms with E-state index in [0.717, 1.165) is 43.4 Å². The third-order valence-corrected chi connectivity index (χ3v) is 6.14. The van der Waals surface area contributed by atoms with Gasteiger partial charge >= 0.3 is 12.1 Å². The Morgan fingerprint density at radius 1 is 1.06 bits per heavy atom. The van der Waals surface area contributed by atoms with Crippen molar-refractivity contribution >= 4 is 23.7 Å². The first-order chi connectivity index (χ1) is 16.1. The zero-order chi connectivity index (χ0) is 25.3. The molecule has 0 unspecified atom stereocenters. The van der Waals surface area contributed by atoms with Gasteiger partial charge in [-0.05, 0) is 58.6 Å². The van der Waals surface area contributed by atoms with Crippen molar-refractivity contribution in [2.45, 2.75) is 104 Å². The highest BCUT2D eigenvalue weighted by Gasteiger charge is 2.38. The topological polar surface area (TPSA) is 76.2 Å². The van der Waals surface area contributed by atoms with Crippen LogP contribution in [-0.2, 0) is 19.1 Å². The molecule has 7 heteroatoms. The number of carbonyl (C=O) groups excluding carboxylic acids is 3. The number of nitrogens with zero attached hydrogens (tertiary/aromatic N) is 2. The first-order valence-corrected chi connectivity index (χ1v) is 12.6. The minimum Gasteiger partial charge on any atom is -0.469 e. The molecule has 1 heterocycles.